The van der Waals surface area contributed by atoms with E-state index in [4.69, 9.17) is 0 Å². The molecule has 0 aromatic rings. The van der Waals surface area contributed by atoms with Crippen LogP contribution in [0.5, 0.6) is 0 Å². The Labute approximate surface area is 35.3 Å². The van der Waals surface area contributed by atoms with Crippen molar-refractivity contribution in [3.63, 3.8) is 0 Å². The molecule has 34 valence electrons. The zero-order chi connectivity index (χ0) is 2.71. The van der Waals surface area contributed by atoms with E-state index in [0.29, 0.717) is 0 Å². The van der Waals surface area contributed by atoms with Crippen LogP contribution < -0.4 is 0 Å². The molecule has 1 unspecified atom stereocenters. The third-order valence-corrected chi connectivity index (χ3v) is 0. The van der Waals surface area contributed by atoms with Gasteiger partial charge in [0.25, 0.3) is 0 Å². The summed E-state index contributed by atoms with van der Waals surface area (Å²) in [6.07, 6.45) is 1.75. The summed E-state index contributed by atoms with van der Waals surface area (Å²) in [6.45, 7) is 5.25. The van der Waals surface area contributed by atoms with Crippen molar-refractivity contribution in [3.8, 4) is 0 Å². The third kappa shape index (κ3) is 1810. The summed E-state index contributed by atoms with van der Waals surface area (Å²) in [7, 11) is 0. The first-order valence-corrected chi connectivity index (χ1v) is 0.986. The summed E-state index contributed by atoms with van der Waals surface area (Å²) in [5.41, 5.74) is 0. The number of hydrogen-bond donors (Lipinski definition) is 0. The maximum absolute atomic E-state index is 3.36. The zero-order valence-electron chi connectivity index (χ0n) is 3.40. The van der Waals surface area contributed by atoms with Gasteiger partial charge in [-0.15, -0.1) is 6.58 Å². The maximum atomic E-state index is 3.36. The molecule has 0 amide bonds. The van der Waals surface area contributed by atoms with E-state index in [1.807, 2.05) is 6.92 Å². The van der Waals surface area contributed by atoms with Crippen LogP contribution in [0.2, 0.25) is 0 Å². The molecule has 0 saturated heterocycles. The molecule has 2 heteroatoms. The highest BCUT2D eigenvalue weighted by atomic mass is 31.0. The lowest BCUT2D eigenvalue weighted by Gasteiger charge is -1.31. The Kier molecular flexibility index (Phi) is 127. The van der Waals surface area contributed by atoms with Crippen molar-refractivity contribution in [2.75, 3.05) is 0 Å². The van der Waals surface area contributed by atoms with E-state index in [1.165, 1.54) is 0 Å². The lowest BCUT2D eigenvalue weighted by atomic mass is 10.8. The van der Waals surface area contributed by atoms with Gasteiger partial charge in [0, 0.05) is 0 Å². The van der Waals surface area contributed by atoms with Crippen molar-refractivity contribution in [3.05, 3.63) is 12.7 Å². The Bertz CT molecular complexity index is 14.4. The van der Waals surface area contributed by atoms with Gasteiger partial charge in [-0.3, -0.25) is 4.70 Å². The molecule has 1 atom stereocenters. The van der Waals surface area contributed by atoms with E-state index in [9.17, 15) is 0 Å². The second-order valence-corrected chi connectivity index (χ2v) is 0.408. The molecule has 0 rings (SSSR count). The minimum absolute atomic E-state index is 0. The normalized spacial score (nSPS) is 2.60. The topological polar surface area (TPSA) is 0 Å². The van der Waals surface area contributed by atoms with Crippen LogP contribution in [0.3, 0.4) is 0 Å². The van der Waals surface area contributed by atoms with Crippen LogP contribution >= 0.6 is 9.90 Å². The zero-order valence-corrected chi connectivity index (χ0v) is 4.81. The summed E-state index contributed by atoms with van der Waals surface area (Å²) in [5.74, 6) is 0. The fourth-order valence-corrected chi connectivity index (χ4v) is 0. The van der Waals surface area contributed by atoms with Gasteiger partial charge in [0.05, 0.1) is 0 Å². The molecular formula is C3H10FP. The minimum atomic E-state index is 0. The van der Waals surface area contributed by atoms with Crippen LogP contribution in [-0.4, -0.2) is 0 Å². The van der Waals surface area contributed by atoms with E-state index in [0.717, 1.165) is 0 Å². The summed E-state index contributed by atoms with van der Waals surface area (Å²) < 4.78 is 0. The van der Waals surface area contributed by atoms with E-state index >= 15 is 0 Å². The Morgan fingerprint density at radius 1 is 1.60 bits per heavy atom. The van der Waals surface area contributed by atoms with Gasteiger partial charge in [-0.25, -0.2) is 0 Å². The highest BCUT2D eigenvalue weighted by molar-refractivity contribution is 6.92. The number of halogens is 1. The van der Waals surface area contributed by atoms with Crippen molar-refractivity contribution in [2.24, 2.45) is 0 Å². The quantitative estimate of drug-likeness (QED) is 0.316. The van der Waals surface area contributed by atoms with Gasteiger partial charge in [0.15, 0.2) is 0 Å². The van der Waals surface area contributed by atoms with Gasteiger partial charge in [0.1, 0.15) is 0 Å². The summed E-state index contributed by atoms with van der Waals surface area (Å²) in [5, 5.41) is 0. The highest BCUT2D eigenvalue weighted by Gasteiger charge is 1.15. The van der Waals surface area contributed by atoms with Crippen molar-refractivity contribution in [1.29, 1.82) is 0 Å². The van der Waals surface area contributed by atoms with Crippen LogP contribution in [0, 0.1) is 0 Å². The van der Waals surface area contributed by atoms with Gasteiger partial charge in [0.2, 0.25) is 0 Å². The molecule has 0 nitrogen and oxygen atoms in total. The molecule has 5 heavy (non-hydrogen) atoms. The monoisotopic (exact) mass is 96.1 g/mol. The Morgan fingerprint density at radius 3 is 1.60 bits per heavy atom. The molecule has 0 radical (unpaired) electrons. The molecule has 0 heterocycles. The first-order chi connectivity index (χ1) is 1.41. The molecule has 0 aromatic carbocycles. The van der Waals surface area contributed by atoms with Crippen molar-refractivity contribution in [1.82, 2.24) is 0 Å². The smallest absolute Gasteiger partial charge is 0.0473 e. The Hall–Kier alpha value is 0.100. The fraction of sp³-hybridized carbons (Fsp3) is 0.333. The van der Waals surface area contributed by atoms with Crippen molar-refractivity contribution in [2.45, 2.75) is 6.92 Å². The average molecular weight is 96.1 g/mol. The van der Waals surface area contributed by atoms with Crippen LogP contribution in [-0.2, 0) is 0 Å². The van der Waals surface area contributed by atoms with Gasteiger partial charge >= 0.3 is 0 Å². The first-order valence-electron chi connectivity index (χ1n) is 0.986. The number of rotatable bonds is 0. The maximum Gasteiger partial charge on any atom is -0.0473 e. The number of hydrogen-bond acceptors (Lipinski definition) is 0. The highest BCUT2D eigenvalue weighted by Crippen LogP contribution is 1.38. The lowest BCUT2D eigenvalue weighted by Crippen LogP contribution is -1.07. The first kappa shape index (κ1) is 19.4. The van der Waals surface area contributed by atoms with Gasteiger partial charge < -0.3 is 0 Å². The van der Waals surface area contributed by atoms with E-state index in [1.54, 1.807) is 6.08 Å². The van der Waals surface area contributed by atoms with Gasteiger partial charge in [-0.1, -0.05) is 6.08 Å². The summed E-state index contributed by atoms with van der Waals surface area (Å²) >= 11 is 0. The number of allylic oxidation sites excluding steroid dienone is 1. The molecule has 0 spiro atoms. The van der Waals surface area contributed by atoms with Crippen molar-refractivity contribution < 1.29 is 4.70 Å². The lowest BCUT2D eigenvalue weighted by molar-refractivity contribution is 1.11. The molecule has 0 bridgehead atoms. The molecule has 0 fully saturated rings. The van der Waals surface area contributed by atoms with Crippen molar-refractivity contribution >= 4 is 9.90 Å². The molecule has 0 N–H and O–H groups in total. The predicted molar refractivity (Wildman–Crippen MR) is 29.5 cm³/mol. The largest absolute Gasteiger partial charge is 0.269 e. The fourth-order valence-electron chi connectivity index (χ4n) is 0. The predicted octanol–water partition coefficient (Wildman–Crippen LogP) is 1.40. The van der Waals surface area contributed by atoms with E-state index < -0.39 is 0 Å². The Morgan fingerprint density at radius 2 is 1.60 bits per heavy atom. The summed E-state index contributed by atoms with van der Waals surface area (Å²) in [4.78, 5) is 0. The van der Waals surface area contributed by atoms with Crippen LogP contribution in [0.25, 0.3) is 0 Å². The molecular weight excluding hydrogens is 86.0 g/mol. The SMILES string of the molecule is C=CC.F.P. The molecule has 0 aromatic heterocycles. The second kappa shape index (κ2) is 32.6. The van der Waals surface area contributed by atoms with Crippen LogP contribution in [0.1, 0.15) is 6.92 Å². The van der Waals surface area contributed by atoms with E-state index in [2.05, 4.69) is 6.58 Å². The molecule has 0 saturated carbocycles. The second-order valence-electron chi connectivity index (χ2n) is 0.408. The molecule has 0 aliphatic heterocycles. The van der Waals surface area contributed by atoms with Gasteiger partial charge in [-0.2, -0.15) is 9.90 Å². The van der Waals surface area contributed by atoms with Crippen LogP contribution in [0.15, 0.2) is 12.7 Å². The minimum Gasteiger partial charge on any atom is -0.269 e. The molecule has 0 aliphatic rings. The Balaban J connectivity index is -0.0000000200. The van der Waals surface area contributed by atoms with E-state index in [-0.39, 0.29) is 14.6 Å². The van der Waals surface area contributed by atoms with Crippen LogP contribution in [0.4, 0.5) is 4.70 Å². The average Bonchev–Trinajstić information content (AvgIpc) is 0.918. The molecule has 0 aliphatic carbocycles. The summed E-state index contributed by atoms with van der Waals surface area (Å²) in [6, 6.07) is 0. The third-order valence-electron chi connectivity index (χ3n) is 0. The standard InChI is InChI=1S/C3H6.FH.H3P/c1-3-2;;/h3H,1H2,2H3;1H;1H3. The van der Waals surface area contributed by atoms with Gasteiger partial charge in [-0.05, 0) is 6.92 Å².